The number of rotatable bonds is 3. The largest absolute Gasteiger partial charge is 0.383 e. The number of pyridine rings is 1. The number of anilines is 1. The molecule has 2 aromatic rings. The second kappa shape index (κ2) is 5.24. The maximum Gasteiger partial charge on any atom is 0.275 e. The smallest absolute Gasteiger partial charge is 0.275 e. The molecule has 0 aliphatic rings. The van der Waals surface area contributed by atoms with Crippen molar-refractivity contribution in [3.8, 4) is 0 Å². The summed E-state index contributed by atoms with van der Waals surface area (Å²) in [5.41, 5.74) is 5.44. The highest BCUT2D eigenvalue weighted by Crippen LogP contribution is 2.33. The first-order valence-electron chi connectivity index (χ1n) is 4.90. The standard InChI is InChI=1S/C11H8ClN3O2S/c12-8-3-1-2-4-9(8)18-11-6-7(15(16)17)5-10(13)14-11/h1-6H,(H2,13,14). The molecule has 7 heteroatoms. The van der Waals surface area contributed by atoms with Gasteiger partial charge in [0.15, 0.2) is 0 Å². The second-order valence-electron chi connectivity index (χ2n) is 3.38. The summed E-state index contributed by atoms with van der Waals surface area (Å²) in [6, 6.07) is 9.77. The van der Waals surface area contributed by atoms with E-state index in [0.717, 1.165) is 4.90 Å². The summed E-state index contributed by atoms with van der Waals surface area (Å²) in [5, 5.41) is 11.7. The van der Waals surface area contributed by atoms with E-state index >= 15 is 0 Å². The van der Waals surface area contributed by atoms with Gasteiger partial charge in [-0.3, -0.25) is 10.1 Å². The lowest BCUT2D eigenvalue weighted by molar-refractivity contribution is -0.385. The minimum absolute atomic E-state index is 0.0861. The molecular weight excluding hydrogens is 274 g/mol. The van der Waals surface area contributed by atoms with Gasteiger partial charge in [0, 0.05) is 11.0 Å². The zero-order chi connectivity index (χ0) is 13.1. The van der Waals surface area contributed by atoms with Gasteiger partial charge in [0.05, 0.1) is 16.0 Å². The third kappa shape index (κ3) is 2.91. The number of aromatic nitrogens is 1. The Kier molecular flexibility index (Phi) is 3.69. The van der Waals surface area contributed by atoms with E-state index in [2.05, 4.69) is 4.98 Å². The molecule has 0 spiro atoms. The highest BCUT2D eigenvalue weighted by molar-refractivity contribution is 7.99. The highest BCUT2D eigenvalue weighted by Gasteiger charge is 2.11. The third-order valence-corrected chi connectivity index (χ3v) is 3.50. The Hall–Kier alpha value is -1.79. The van der Waals surface area contributed by atoms with Crippen LogP contribution in [0.3, 0.4) is 0 Å². The quantitative estimate of drug-likeness (QED) is 0.689. The van der Waals surface area contributed by atoms with Crippen LogP contribution < -0.4 is 5.73 Å². The molecule has 0 bridgehead atoms. The van der Waals surface area contributed by atoms with Crippen LogP contribution in [-0.2, 0) is 0 Å². The van der Waals surface area contributed by atoms with E-state index < -0.39 is 4.92 Å². The molecule has 2 rings (SSSR count). The van der Waals surface area contributed by atoms with Crippen molar-refractivity contribution in [3.05, 3.63) is 51.5 Å². The fourth-order valence-corrected chi connectivity index (χ4v) is 2.43. The summed E-state index contributed by atoms with van der Waals surface area (Å²) < 4.78 is 0. The maximum absolute atomic E-state index is 10.7. The number of nitrogen functional groups attached to an aromatic ring is 1. The highest BCUT2D eigenvalue weighted by atomic mass is 35.5. The van der Waals surface area contributed by atoms with E-state index in [-0.39, 0.29) is 11.5 Å². The fourth-order valence-electron chi connectivity index (χ4n) is 1.31. The monoisotopic (exact) mass is 281 g/mol. The number of nitro groups is 1. The maximum atomic E-state index is 10.7. The van der Waals surface area contributed by atoms with Crippen LogP contribution in [0.1, 0.15) is 0 Å². The number of nitrogens with two attached hydrogens (primary N) is 1. The van der Waals surface area contributed by atoms with Crippen LogP contribution in [0.4, 0.5) is 11.5 Å². The minimum atomic E-state index is -0.505. The fraction of sp³-hybridized carbons (Fsp3) is 0. The van der Waals surface area contributed by atoms with Crippen LogP contribution in [-0.4, -0.2) is 9.91 Å². The van der Waals surface area contributed by atoms with Gasteiger partial charge in [-0.15, -0.1) is 0 Å². The predicted molar refractivity (Wildman–Crippen MR) is 70.9 cm³/mol. The van der Waals surface area contributed by atoms with Crippen LogP contribution >= 0.6 is 23.4 Å². The lowest BCUT2D eigenvalue weighted by Gasteiger charge is -2.03. The number of hydrogen-bond donors (Lipinski definition) is 1. The van der Waals surface area contributed by atoms with Gasteiger partial charge in [-0.05, 0) is 12.1 Å². The van der Waals surface area contributed by atoms with E-state index in [0.29, 0.717) is 10.0 Å². The molecule has 0 atom stereocenters. The lowest BCUT2D eigenvalue weighted by atomic mass is 10.4. The van der Waals surface area contributed by atoms with Crippen LogP contribution in [0.15, 0.2) is 46.3 Å². The Balaban J connectivity index is 2.35. The molecule has 1 aromatic heterocycles. The SMILES string of the molecule is Nc1cc([N+](=O)[O-])cc(Sc2ccccc2Cl)n1. The molecule has 1 aromatic carbocycles. The minimum Gasteiger partial charge on any atom is -0.383 e. The average Bonchev–Trinajstić information content (AvgIpc) is 2.31. The van der Waals surface area contributed by atoms with Crippen molar-refractivity contribution >= 4 is 34.9 Å². The van der Waals surface area contributed by atoms with Crippen molar-refractivity contribution in [2.45, 2.75) is 9.92 Å². The zero-order valence-corrected chi connectivity index (χ0v) is 10.6. The van der Waals surface area contributed by atoms with Gasteiger partial charge in [0.25, 0.3) is 5.69 Å². The first kappa shape index (κ1) is 12.7. The van der Waals surface area contributed by atoms with Crippen LogP contribution in [0.5, 0.6) is 0 Å². The molecule has 0 unspecified atom stereocenters. The van der Waals surface area contributed by atoms with E-state index in [4.69, 9.17) is 17.3 Å². The third-order valence-electron chi connectivity index (χ3n) is 2.07. The van der Waals surface area contributed by atoms with Crippen LogP contribution in [0.25, 0.3) is 0 Å². The predicted octanol–water partition coefficient (Wildman–Crippen LogP) is 3.38. The summed E-state index contributed by atoms with van der Waals surface area (Å²) in [5.74, 6) is 0.110. The van der Waals surface area contributed by atoms with E-state index in [1.807, 2.05) is 18.2 Å². The van der Waals surface area contributed by atoms with Crippen molar-refractivity contribution in [3.63, 3.8) is 0 Å². The molecule has 0 fully saturated rings. The summed E-state index contributed by atoms with van der Waals surface area (Å²) in [6.07, 6.45) is 0. The molecular formula is C11H8ClN3O2S. The van der Waals surface area contributed by atoms with Crippen molar-refractivity contribution in [2.24, 2.45) is 0 Å². The number of benzene rings is 1. The number of nitrogens with zero attached hydrogens (tertiary/aromatic N) is 2. The summed E-state index contributed by atoms with van der Waals surface area (Å²) >= 11 is 7.23. The first-order chi connectivity index (χ1) is 8.56. The second-order valence-corrected chi connectivity index (χ2v) is 4.85. The first-order valence-corrected chi connectivity index (χ1v) is 6.10. The molecule has 0 saturated carbocycles. The normalized spacial score (nSPS) is 10.3. The Morgan fingerprint density at radius 1 is 1.33 bits per heavy atom. The molecule has 1 heterocycles. The van der Waals surface area contributed by atoms with Crippen LogP contribution in [0, 0.1) is 10.1 Å². The Morgan fingerprint density at radius 2 is 2.06 bits per heavy atom. The van der Waals surface area contributed by atoms with E-state index in [9.17, 15) is 10.1 Å². The van der Waals surface area contributed by atoms with Gasteiger partial charge >= 0.3 is 0 Å². The van der Waals surface area contributed by atoms with Gasteiger partial charge < -0.3 is 5.73 Å². The Labute approximate surface area is 112 Å². The number of hydrogen-bond acceptors (Lipinski definition) is 5. The van der Waals surface area contributed by atoms with Gasteiger partial charge in [-0.1, -0.05) is 35.5 Å². The van der Waals surface area contributed by atoms with Gasteiger partial charge in [0.2, 0.25) is 0 Å². The number of halogens is 1. The van der Waals surface area contributed by atoms with Crippen molar-refractivity contribution in [2.75, 3.05) is 5.73 Å². The van der Waals surface area contributed by atoms with Crippen molar-refractivity contribution in [1.82, 2.24) is 4.98 Å². The van der Waals surface area contributed by atoms with Gasteiger partial charge in [-0.2, -0.15) is 0 Å². The van der Waals surface area contributed by atoms with Gasteiger partial charge in [-0.25, -0.2) is 4.98 Å². The zero-order valence-electron chi connectivity index (χ0n) is 9.04. The molecule has 0 amide bonds. The molecule has 5 nitrogen and oxygen atoms in total. The van der Waals surface area contributed by atoms with Crippen molar-refractivity contribution in [1.29, 1.82) is 0 Å². The molecule has 0 aliphatic carbocycles. The average molecular weight is 282 g/mol. The summed E-state index contributed by atoms with van der Waals surface area (Å²) in [4.78, 5) is 15.0. The molecule has 92 valence electrons. The van der Waals surface area contributed by atoms with E-state index in [1.54, 1.807) is 6.07 Å². The lowest BCUT2D eigenvalue weighted by Crippen LogP contribution is -1.95. The Morgan fingerprint density at radius 3 is 2.72 bits per heavy atom. The van der Waals surface area contributed by atoms with E-state index in [1.165, 1.54) is 23.9 Å². The summed E-state index contributed by atoms with van der Waals surface area (Å²) in [7, 11) is 0. The van der Waals surface area contributed by atoms with Gasteiger partial charge in [0.1, 0.15) is 10.8 Å². The molecule has 0 radical (unpaired) electrons. The van der Waals surface area contributed by atoms with Crippen molar-refractivity contribution < 1.29 is 4.92 Å². The molecule has 2 N–H and O–H groups in total. The molecule has 18 heavy (non-hydrogen) atoms. The topological polar surface area (TPSA) is 82.0 Å². The molecule has 0 aliphatic heterocycles. The Bertz CT molecular complexity index is 607. The molecule has 0 saturated heterocycles. The summed E-state index contributed by atoms with van der Waals surface area (Å²) in [6.45, 7) is 0. The van der Waals surface area contributed by atoms with Crippen LogP contribution in [0.2, 0.25) is 5.02 Å².